The molecule has 1 aromatic heterocycles. The van der Waals surface area contributed by atoms with Crippen LogP contribution in [0.4, 0.5) is 4.79 Å². The first kappa shape index (κ1) is 18.6. The highest BCUT2D eigenvalue weighted by Crippen LogP contribution is 2.16. The minimum absolute atomic E-state index is 0.204. The Hall–Kier alpha value is -1.76. The number of aliphatic imine (C=N–C) groups is 1. The molecular formula is C17H28N4O2S. The van der Waals surface area contributed by atoms with E-state index in [4.69, 9.17) is 9.73 Å². The number of carbonyl (C=O) groups is 1. The topological polar surface area (TPSA) is 66.0 Å². The number of rotatable bonds is 5. The molecular weight excluding hydrogens is 324 g/mol. The summed E-state index contributed by atoms with van der Waals surface area (Å²) in [5.74, 6) is 0.847. The number of guanidine groups is 1. The Kier molecular flexibility index (Phi) is 7.36. The van der Waals surface area contributed by atoms with Crippen molar-refractivity contribution in [2.45, 2.75) is 46.2 Å². The van der Waals surface area contributed by atoms with Gasteiger partial charge < -0.3 is 20.3 Å². The lowest BCUT2D eigenvalue weighted by Crippen LogP contribution is -2.49. The minimum atomic E-state index is -0.204. The van der Waals surface area contributed by atoms with E-state index in [0.29, 0.717) is 19.2 Å². The third kappa shape index (κ3) is 5.40. The van der Waals surface area contributed by atoms with Gasteiger partial charge in [0, 0.05) is 30.6 Å². The molecule has 0 saturated carbocycles. The molecule has 0 unspecified atom stereocenters. The van der Waals surface area contributed by atoms with Crippen molar-refractivity contribution in [1.82, 2.24) is 15.5 Å². The normalized spacial score (nSPS) is 16.1. The average Bonchev–Trinajstić information content (AvgIpc) is 2.99. The third-order valence-corrected chi connectivity index (χ3v) is 5.06. The average molecular weight is 353 g/mol. The van der Waals surface area contributed by atoms with Gasteiger partial charge in [0.15, 0.2) is 5.96 Å². The molecule has 0 spiro atoms. The molecule has 2 N–H and O–H groups in total. The molecule has 24 heavy (non-hydrogen) atoms. The van der Waals surface area contributed by atoms with Gasteiger partial charge in [0.25, 0.3) is 0 Å². The number of piperidine rings is 1. The Balaban J connectivity index is 1.85. The molecule has 1 amide bonds. The Morgan fingerprint density at radius 1 is 1.42 bits per heavy atom. The van der Waals surface area contributed by atoms with Gasteiger partial charge in [-0.3, -0.25) is 0 Å². The van der Waals surface area contributed by atoms with Crippen LogP contribution in [-0.2, 0) is 11.3 Å². The van der Waals surface area contributed by atoms with Gasteiger partial charge in [-0.15, -0.1) is 11.3 Å². The molecule has 1 aromatic rings. The second-order valence-corrected chi connectivity index (χ2v) is 6.83. The van der Waals surface area contributed by atoms with E-state index in [1.165, 1.54) is 10.4 Å². The number of amides is 1. The fourth-order valence-electron chi connectivity index (χ4n) is 2.65. The lowest BCUT2D eigenvalue weighted by Gasteiger charge is -2.32. The zero-order chi connectivity index (χ0) is 17.4. The van der Waals surface area contributed by atoms with Crippen LogP contribution in [0, 0.1) is 6.92 Å². The van der Waals surface area contributed by atoms with E-state index in [-0.39, 0.29) is 6.09 Å². The summed E-state index contributed by atoms with van der Waals surface area (Å²) in [6.07, 6.45) is 1.60. The molecule has 0 aromatic carbocycles. The molecule has 6 nitrogen and oxygen atoms in total. The molecule has 0 radical (unpaired) electrons. The van der Waals surface area contributed by atoms with Crippen LogP contribution in [0.25, 0.3) is 0 Å². The molecule has 0 aliphatic carbocycles. The van der Waals surface area contributed by atoms with Gasteiger partial charge in [0.2, 0.25) is 0 Å². The highest BCUT2D eigenvalue weighted by atomic mass is 32.1. The van der Waals surface area contributed by atoms with Crippen molar-refractivity contribution in [3.63, 3.8) is 0 Å². The second kappa shape index (κ2) is 9.52. The number of aryl methyl sites for hydroxylation is 1. The summed E-state index contributed by atoms with van der Waals surface area (Å²) in [6.45, 7) is 9.41. The molecule has 1 aliphatic rings. The maximum atomic E-state index is 11.7. The first-order valence-corrected chi connectivity index (χ1v) is 9.51. The fraction of sp³-hybridized carbons (Fsp3) is 0.647. The van der Waals surface area contributed by atoms with Crippen LogP contribution in [0.15, 0.2) is 16.4 Å². The lowest BCUT2D eigenvalue weighted by atomic mass is 10.1. The van der Waals surface area contributed by atoms with E-state index in [0.717, 1.165) is 38.4 Å². The van der Waals surface area contributed by atoms with Gasteiger partial charge in [-0.25, -0.2) is 9.79 Å². The molecule has 7 heteroatoms. The van der Waals surface area contributed by atoms with Gasteiger partial charge in [0.05, 0.1) is 13.2 Å². The summed E-state index contributed by atoms with van der Waals surface area (Å²) in [4.78, 5) is 19.5. The number of hydrogen-bond acceptors (Lipinski definition) is 4. The summed E-state index contributed by atoms with van der Waals surface area (Å²) in [5.41, 5.74) is 1.29. The van der Waals surface area contributed by atoms with Gasteiger partial charge >= 0.3 is 6.09 Å². The van der Waals surface area contributed by atoms with Gasteiger partial charge in [0.1, 0.15) is 0 Å². The number of likely N-dealkylation sites (tertiary alicyclic amines) is 1. The molecule has 0 atom stereocenters. The Bertz CT molecular complexity index is 551. The summed E-state index contributed by atoms with van der Waals surface area (Å²) < 4.78 is 5.06. The van der Waals surface area contributed by atoms with Gasteiger partial charge in [-0.2, -0.15) is 0 Å². The van der Waals surface area contributed by atoms with Crippen molar-refractivity contribution in [3.05, 3.63) is 21.9 Å². The zero-order valence-electron chi connectivity index (χ0n) is 14.8. The highest BCUT2D eigenvalue weighted by molar-refractivity contribution is 7.10. The zero-order valence-corrected chi connectivity index (χ0v) is 15.6. The van der Waals surface area contributed by atoms with Crippen molar-refractivity contribution >= 4 is 23.4 Å². The number of nitrogens with zero attached hydrogens (tertiary/aromatic N) is 2. The summed E-state index contributed by atoms with van der Waals surface area (Å²) in [7, 11) is 0. The van der Waals surface area contributed by atoms with Crippen LogP contribution < -0.4 is 10.6 Å². The van der Waals surface area contributed by atoms with Crippen LogP contribution in [-0.4, -0.2) is 49.2 Å². The number of hydrogen-bond donors (Lipinski definition) is 2. The molecule has 0 bridgehead atoms. The van der Waals surface area contributed by atoms with Crippen LogP contribution in [0.3, 0.4) is 0 Å². The maximum absolute atomic E-state index is 11.7. The Labute approximate surface area is 148 Å². The van der Waals surface area contributed by atoms with Crippen molar-refractivity contribution in [2.75, 3.05) is 26.2 Å². The third-order valence-electron chi connectivity index (χ3n) is 4.05. The summed E-state index contributed by atoms with van der Waals surface area (Å²) >= 11 is 1.74. The molecule has 1 aliphatic heterocycles. The number of ether oxygens (including phenoxy) is 1. The summed E-state index contributed by atoms with van der Waals surface area (Å²) in [5, 5.41) is 8.90. The van der Waals surface area contributed by atoms with Gasteiger partial charge in [-0.05, 0) is 50.6 Å². The SMILES string of the molecule is CCNC(=NCc1sccc1C)NC1CCN(C(=O)OCC)CC1. The minimum Gasteiger partial charge on any atom is -0.450 e. The highest BCUT2D eigenvalue weighted by Gasteiger charge is 2.24. The van der Waals surface area contributed by atoms with E-state index in [2.05, 4.69) is 35.9 Å². The van der Waals surface area contributed by atoms with Crippen molar-refractivity contribution in [1.29, 1.82) is 0 Å². The number of thiophene rings is 1. The monoisotopic (exact) mass is 352 g/mol. The van der Waals surface area contributed by atoms with E-state index in [9.17, 15) is 4.79 Å². The molecule has 1 saturated heterocycles. The quantitative estimate of drug-likeness (QED) is 0.632. The van der Waals surface area contributed by atoms with Crippen molar-refractivity contribution in [2.24, 2.45) is 4.99 Å². The van der Waals surface area contributed by atoms with Crippen LogP contribution in [0.1, 0.15) is 37.1 Å². The predicted molar refractivity (Wildman–Crippen MR) is 98.6 cm³/mol. The Morgan fingerprint density at radius 2 is 2.17 bits per heavy atom. The number of nitrogens with one attached hydrogen (secondary N) is 2. The van der Waals surface area contributed by atoms with E-state index in [1.807, 2.05) is 6.92 Å². The predicted octanol–water partition coefficient (Wildman–Crippen LogP) is 2.73. The molecule has 2 rings (SSSR count). The molecule has 134 valence electrons. The van der Waals surface area contributed by atoms with E-state index < -0.39 is 0 Å². The maximum Gasteiger partial charge on any atom is 0.409 e. The van der Waals surface area contributed by atoms with Crippen molar-refractivity contribution < 1.29 is 9.53 Å². The first-order chi connectivity index (χ1) is 11.6. The lowest BCUT2D eigenvalue weighted by molar-refractivity contribution is 0.0963. The van der Waals surface area contributed by atoms with Crippen LogP contribution >= 0.6 is 11.3 Å². The number of carbonyl (C=O) groups excluding carboxylic acids is 1. The van der Waals surface area contributed by atoms with Crippen molar-refractivity contribution in [3.8, 4) is 0 Å². The molecule has 1 fully saturated rings. The van der Waals surface area contributed by atoms with Crippen LogP contribution in [0.5, 0.6) is 0 Å². The standard InChI is InChI=1S/C17H28N4O2S/c1-4-18-16(19-12-15-13(3)8-11-24-15)20-14-6-9-21(10-7-14)17(22)23-5-2/h8,11,14H,4-7,9-10,12H2,1-3H3,(H2,18,19,20). The smallest absolute Gasteiger partial charge is 0.409 e. The largest absolute Gasteiger partial charge is 0.450 e. The summed E-state index contributed by atoms with van der Waals surface area (Å²) in [6, 6.07) is 2.46. The van der Waals surface area contributed by atoms with Crippen LogP contribution in [0.2, 0.25) is 0 Å². The van der Waals surface area contributed by atoms with E-state index >= 15 is 0 Å². The first-order valence-electron chi connectivity index (χ1n) is 8.63. The fourth-order valence-corrected chi connectivity index (χ4v) is 3.48. The Morgan fingerprint density at radius 3 is 2.75 bits per heavy atom. The molecule has 2 heterocycles. The second-order valence-electron chi connectivity index (χ2n) is 5.83. The van der Waals surface area contributed by atoms with E-state index in [1.54, 1.807) is 16.2 Å². The van der Waals surface area contributed by atoms with Gasteiger partial charge in [-0.1, -0.05) is 0 Å².